The van der Waals surface area contributed by atoms with Crippen molar-refractivity contribution in [2.45, 2.75) is 18.8 Å². The van der Waals surface area contributed by atoms with Crippen LogP contribution in [0.2, 0.25) is 5.02 Å². The number of thiazole rings is 1. The number of hydrogen-bond acceptors (Lipinski definition) is 5. The predicted molar refractivity (Wildman–Crippen MR) is 117 cm³/mol. The Morgan fingerprint density at radius 2 is 2.03 bits per heavy atom. The maximum atomic E-state index is 12.9. The second-order valence-corrected chi connectivity index (χ2v) is 8.82. The predicted octanol–water partition coefficient (Wildman–Crippen LogP) is 4.92. The largest absolute Gasteiger partial charge is 0.463 e. The highest BCUT2D eigenvalue weighted by Crippen LogP contribution is 2.35. The summed E-state index contributed by atoms with van der Waals surface area (Å²) in [5, 5.41) is 1.77. The van der Waals surface area contributed by atoms with Gasteiger partial charge in [-0.3, -0.25) is 9.59 Å². The number of amides is 1. The number of carbonyl (C=O) groups excluding carboxylic acids is 1. The summed E-state index contributed by atoms with van der Waals surface area (Å²) in [7, 11) is 0. The Balaban J connectivity index is 1.29. The van der Waals surface area contributed by atoms with Crippen LogP contribution >= 0.6 is 22.9 Å². The van der Waals surface area contributed by atoms with E-state index >= 15 is 0 Å². The molecule has 0 unspecified atom stereocenters. The van der Waals surface area contributed by atoms with Crippen molar-refractivity contribution in [3.63, 3.8) is 0 Å². The van der Waals surface area contributed by atoms with Crippen molar-refractivity contribution in [1.29, 1.82) is 0 Å². The fraction of sp³-hybridized carbons (Fsp3) is 0.227. The SMILES string of the molecule is O=C(c1ccc(-c2ccco2)[nH]c1=O)N1CCC(c2nc3cc(Cl)ccc3s2)CC1. The third-order valence-electron chi connectivity index (χ3n) is 5.42. The number of aromatic amines is 1. The van der Waals surface area contributed by atoms with Gasteiger partial charge in [0.25, 0.3) is 11.5 Å². The number of rotatable bonds is 3. The first kappa shape index (κ1) is 19.1. The van der Waals surface area contributed by atoms with Gasteiger partial charge < -0.3 is 14.3 Å². The lowest BCUT2D eigenvalue weighted by Crippen LogP contribution is -2.40. The number of likely N-dealkylation sites (tertiary alicyclic amines) is 1. The summed E-state index contributed by atoms with van der Waals surface area (Å²) in [5.41, 5.74) is 1.22. The molecule has 0 atom stereocenters. The molecule has 0 saturated carbocycles. The molecular weight excluding hydrogens is 422 g/mol. The summed E-state index contributed by atoms with van der Waals surface area (Å²) >= 11 is 7.75. The van der Waals surface area contributed by atoms with Gasteiger partial charge in [-0.25, -0.2) is 4.98 Å². The van der Waals surface area contributed by atoms with Crippen LogP contribution in [0.1, 0.15) is 34.1 Å². The van der Waals surface area contributed by atoms with Gasteiger partial charge in [0.15, 0.2) is 0 Å². The Hall–Kier alpha value is -2.90. The minimum absolute atomic E-state index is 0.151. The number of nitrogens with zero attached hydrogens (tertiary/aromatic N) is 2. The number of fused-ring (bicyclic) bond motifs is 1. The molecule has 1 aromatic carbocycles. The third kappa shape index (κ3) is 3.55. The highest BCUT2D eigenvalue weighted by molar-refractivity contribution is 7.18. The van der Waals surface area contributed by atoms with E-state index in [9.17, 15) is 9.59 Å². The maximum absolute atomic E-state index is 12.9. The van der Waals surface area contributed by atoms with Crippen LogP contribution in [0.3, 0.4) is 0 Å². The quantitative estimate of drug-likeness (QED) is 0.491. The van der Waals surface area contributed by atoms with Crippen LogP contribution in [0.25, 0.3) is 21.7 Å². The normalized spacial score (nSPS) is 15.0. The lowest BCUT2D eigenvalue weighted by atomic mass is 9.97. The number of pyridine rings is 1. The van der Waals surface area contributed by atoms with E-state index in [0.29, 0.717) is 35.5 Å². The minimum Gasteiger partial charge on any atom is -0.463 e. The summed E-state index contributed by atoms with van der Waals surface area (Å²) in [4.78, 5) is 34.6. The van der Waals surface area contributed by atoms with E-state index in [1.54, 1.807) is 40.5 Å². The number of piperidine rings is 1. The second kappa shape index (κ2) is 7.74. The zero-order valence-electron chi connectivity index (χ0n) is 15.9. The molecule has 1 aliphatic rings. The summed E-state index contributed by atoms with van der Waals surface area (Å²) in [6.45, 7) is 1.19. The Labute approximate surface area is 181 Å². The molecule has 6 nitrogen and oxygen atoms in total. The molecule has 1 N–H and O–H groups in total. The molecule has 0 spiro atoms. The van der Waals surface area contributed by atoms with Crippen molar-refractivity contribution >= 4 is 39.1 Å². The Morgan fingerprint density at radius 1 is 1.20 bits per heavy atom. The van der Waals surface area contributed by atoms with Crippen LogP contribution in [-0.4, -0.2) is 33.9 Å². The number of aromatic nitrogens is 2. The molecular formula is C22H18ClN3O3S. The van der Waals surface area contributed by atoms with Gasteiger partial charge in [-0.1, -0.05) is 11.6 Å². The summed E-state index contributed by atoms with van der Waals surface area (Å²) in [5.74, 6) is 0.630. The highest BCUT2D eigenvalue weighted by Gasteiger charge is 2.27. The number of H-pyrrole nitrogens is 1. The lowest BCUT2D eigenvalue weighted by molar-refractivity contribution is 0.0711. The average molecular weight is 440 g/mol. The molecule has 152 valence electrons. The van der Waals surface area contributed by atoms with E-state index in [4.69, 9.17) is 21.0 Å². The molecule has 1 amide bonds. The monoisotopic (exact) mass is 439 g/mol. The van der Waals surface area contributed by atoms with Crippen LogP contribution < -0.4 is 5.56 Å². The van der Waals surface area contributed by atoms with E-state index in [0.717, 1.165) is 28.1 Å². The zero-order chi connectivity index (χ0) is 20.7. The van der Waals surface area contributed by atoms with Gasteiger partial charge in [0, 0.05) is 24.0 Å². The minimum atomic E-state index is -0.404. The third-order valence-corrected chi connectivity index (χ3v) is 6.86. The van der Waals surface area contributed by atoms with Crippen LogP contribution in [0.4, 0.5) is 0 Å². The number of halogens is 1. The Kier molecular flexibility index (Phi) is 4.92. The van der Waals surface area contributed by atoms with E-state index < -0.39 is 5.56 Å². The van der Waals surface area contributed by atoms with Crippen LogP contribution in [-0.2, 0) is 0 Å². The van der Waals surface area contributed by atoms with E-state index in [-0.39, 0.29) is 11.5 Å². The van der Waals surface area contributed by atoms with Gasteiger partial charge in [-0.2, -0.15) is 0 Å². The fourth-order valence-electron chi connectivity index (χ4n) is 3.81. The van der Waals surface area contributed by atoms with Crippen molar-refractivity contribution < 1.29 is 9.21 Å². The molecule has 0 bridgehead atoms. The van der Waals surface area contributed by atoms with Gasteiger partial charge in [-0.15, -0.1) is 11.3 Å². The van der Waals surface area contributed by atoms with Crippen molar-refractivity contribution in [2.75, 3.05) is 13.1 Å². The number of furan rings is 1. The van der Waals surface area contributed by atoms with Crippen molar-refractivity contribution in [1.82, 2.24) is 14.9 Å². The topological polar surface area (TPSA) is 79.2 Å². The lowest BCUT2D eigenvalue weighted by Gasteiger charge is -2.31. The van der Waals surface area contributed by atoms with Crippen LogP contribution in [0.15, 0.2) is 57.9 Å². The number of carbonyl (C=O) groups is 1. The highest BCUT2D eigenvalue weighted by atomic mass is 35.5. The summed E-state index contributed by atoms with van der Waals surface area (Å²) in [6, 6.07) is 12.5. The molecule has 0 radical (unpaired) electrons. The molecule has 4 aromatic rings. The molecule has 8 heteroatoms. The van der Waals surface area contributed by atoms with Gasteiger partial charge in [0.1, 0.15) is 11.3 Å². The molecule has 30 heavy (non-hydrogen) atoms. The maximum Gasteiger partial charge on any atom is 0.261 e. The van der Waals surface area contributed by atoms with Gasteiger partial charge >= 0.3 is 0 Å². The first-order valence-corrected chi connectivity index (χ1v) is 10.9. The molecule has 5 rings (SSSR count). The van der Waals surface area contributed by atoms with E-state index in [2.05, 4.69) is 4.98 Å². The van der Waals surface area contributed by atoms with Crippen LogP contribution in [0, 0.1) is 0 Å². The zero-order valence-corrected chi connectivity index (χ0v) is 17.5. The first-order chi connectivity index (χ1) is 14.6. The van der Waals surface area contributed by atoms with Crippen LogP contribution in [0.5, 0.6) is 0 Å². The fourth-order valence-corrected chi connectivity index (χ4v) is 5.09. The average Bonchev–Trinajstić information content (AvgIpc) is 3.43. The Bertz CT molecular complexity index is 1270. The molecule has 1 aliphatic heterocycles. The van der Waals surface area contributed by atoms with Gasteiger partial charge in [0.05, 0.1) is 27.2 Å². The van der Waals surface area contributed by atoms with Gasteiger partial charge in [-0.05, 0) is 55.3 Å². The standard InChI is InChI=1S/C22H18ClN3O3S/c23-14-3-6-19-17(12-14)25-21(30-19)13-7-9-26(10-8-13)22(28)15-4-5-16(24-20(15)27)18-2-1-11-29-18/h1-6,11-13H,7-10H2,(H,24,27). The second-order valence-electron chi connectivity index (χ2n) is 7.32. The van der Waals surface area contributed by atoms with Gasteiger partial charge in [0.2, 0.25) is 0 Å². The van der Waals surface area contributed by atoms with E-state index in [1.165, 1.54) is 6.26 Å². The number of nitrogens with one attached hydrogen (secondary N) is 1. The Morgan fingerprint density at radius 3 is 2.77 bits per heavy atom. The first-order valence-electron chi connectivity index (χ1n) is 9.71. The smallest absolute Gasteiger partial charge is 0.261 e. The molecule has 4 heterocycles. The molecule has 0 aliphatic carbocycles. The number of hydrogen-bond donors (Lipinski definition) is 1. The number of benzene rings is 1. The van der Waals surface area contributed by atoms with Crippen molar-refractivity contribution in [3.05, 3.63) is 74.7 Å². The summed E-state index contributed by atoms with van der Waals surface area (Å²) in [6.07, 6.45) is 3.18. The summed E-state index contributed by atoms with van der Waals surface area (Å²) < 4.78 is 6.42. The molecule has 1 saturated heterocycles. The molecule has 1 fully saturated rings. The van der Waals surface area contributed by atoms with Crippen molar-refractivity contribution in [2.24, 2.45) is 0 Å². The molecule has 3 aromatic heterocycles. The van der Waals surface area contributed by atoms with Crippen molar-refractivity contribution in [3.8, 4) is 11.5 Å². The van der Waals surface area contributed by atoms with E-state index in [1.807, 2.05) is 18.2 Å².